The summed E-state index contributed by atoms with van der Waals surface area (Å²) in [6.07, 6.45) is 3.25. The zero-order valence-corrected chi connectivity index (χ0v) is 13.6. The lowest BCUT2D eigenvalue weighted by Crippen LogP contribution is -2.57. The highest BCUT2D eigenvalue weighted by Crippen LogP contribution is 2.31. The van der Waals surface area contributed by atoms with Crippen LogP contribution < -0.4 is 5.32 Å². The van der Waals surface area contributed by atoms with Gasteiger partial charge in [0.2, 0.25) is 5.91 Å². The van der Waals surface area contributed by atoms with Crippen LogP contribution in [0.2, 0.25) is 0 Å². The molecule has 1 aliphatic rings. The number of carbonyl (C=O) groups excluding carboxylic acids is 1. The second kappa shape index (κ2) is 7.08. The van der Waals surface area contributed by atoms with E-state index < -0.39 is 5.54 Å². The fourth-order valence-corrected chi connectivity index (χ4v) is 3.10. The van der Waals surface area contributed by atoms with Crippen LogP contribution in [0.1, 0.15) is 51.5 Å². The Hall–Kier alpha value is -1.35. The van der Waals surface area contributed by atoms with Crippen LogP contribution in [0.3, 0.4) is 0 Å². The maximum atomic E-state index is 12.3. The number of likely N-dealkylation sites (tertiary alicyclic amines) is 1. The van der Waals surface area contributed by atoms with Crippen molar-refractivity contribution < 1.29 is 4.79 Å². The van der Waals surface area contributed by atoms with E-state index in [1.54, 1.807) is 0 Å². The number of nitrogens with one attached hydrogen (secondary N) is 1. The van der Waals surface area contributed by atoms with E-state index in [1.807, 2.05) is 13.8 Å². The molecule has 0 bridgehead atoms. The molecule has 1 aliphatic heterocycles. The number of rotatable bonds is 5. The molecule has 1 aromatic carbocycles. The molecule has 1 fully saturated rings. The first-order valence-electron chi connectivity index (χ1n) is 8.14. The minimum absolute atomic E-state index is 0.155. The molecule has 0 aromatic heterocycles. The van der Waals surface area contributed by atoms with Crippen LogP contribution in [0.4, 0.5) is 0 Å². The molecule has 1 aromatic rings. The molecule has 0 aliphatic carbocycles. The largest absolute Gasteiger partial charge is 0.355 e. The number of benzene rings is 1. The van der Waals surface area contributed by atoms with Gasteiger partial charge in [-0.1, -0.05) is 37.3 Å². The minimum atomic E-state index is -0.406. The van der Waals surface area contributed by atoms with Gasteiger partial charge in [0.15, 0.2) is 0 Å². The van der Waals surface area contributed by atoms with Crippen molar-refractivity contribution in [2.24, 2.45) is 0 Å². The highest BCUT2D eigenvalue weighted by molar-refractivity contribution is 5.85. The molecule has 3 heteroatoms. The summed E-state index contributed by atoms with van der Waals surface area (Å²) in [5.74, 6) is 0.791. The van der Waals surface area contributed by atoms with Gasteiger partial charge < -0.3 is 5.32 Å². The summed E-state index contributed by atoms with van der Waals surface area (Å²) in [5.41, 5.74) is 1.03. The van der Waals surface area contributed by atoms with Crippen molar-refractivity contribution in [2.75, 3.05) is 19.6 Å². The summed E-state index contributed by atoms with van der Waals surface area (Å²) in [5, 5.41) is 3.03. The van der Waals surface area contributed by atoms with Gasteiger partial charge in [-0.25, -0.2) is 0 Å². The molecule has 1 amide bonds. The van der Waals surface area contributed by atoms with Crippen molar-refractivity contribution in [2.45, 2.75) is 51.5 Å². The fourth-order valence-electron chi connectivity index (χ4n) is 3.10. The summed E-state index contributed by atoms with van der Waals surface area (Å²) in [6, 6.07) is 10.7. The smallest absolute Gasteiger partial charge is 0.239 e. The predicted molar refractivity (Wildman–Crippen MR) is 87.4 cm³/mol. The average molecular weight is 288 g/mol. The van der Waals surface area contributed by atoms with Gasteiger partial charge in [-0.2, -0.15) is 0 Å². The molecule has 0 radical (unpaired) electrons. The third-order valence-corrected chi connectivity index (χ3v) is 4.65. The molecule has 1 heterocycles. The van der Waals surface area contributed by atoms with Crippen LogP contribution in [0.25, 0.3) is 0 Å². The van der Waals surface area contributed by atoms with Crippen molar-refractivity contribution in [3.8, 4) is 0 Å². The lowest BCUT2D eigenvalue weighted by atomic mass is 9.87. The second-order valence-corrected chi connectivity index (χ2v) is 6.49. The van der Waals surface area contributed by atoms with E-state index in [9.17, 15) is 4.79 Å². The average Bonchev–Trinajstić information content (AvgIpc) is 2.53. The molecule has 0 atom stereocenters. The molecule has 2 rings (SSSR count). The molecule has 0 unspecified atom stereocenters. The van der Waals surface area contributed by atoms with Gasteiger partial charge in [0.1, 0.15) is 0 Å². The van der Waals surface area contributed by atoms with Crippen LogP contribution in [-0.4, -0.2) is 36.0 Å². The Morgan fingerprint density at radius 1 is 1.24 bits per heavy atom. The van der Waals surface area contributed by atoms with E-state index >= 15 is 0 Å². The Kier molecular flexibility index (Phi) is 5.40. The van der Waals surface area contributed by atoms with Gasteiger partial charge in [-0.15, -0.1) is 0 Å². The Morgan fingerprint density at radius 2 is 1.86 bits per heavy atom. The van der Waals surface area contributed by atoms with E-state index in [0.717, 1.165) is 38.9 Å². The molecular formula is C18H28N2O. The Labute approximate surface area is 128 Å². The molecule has 1 saturated heterocycles. The number of piperidine rings is 1. The molecular weight excluding hydrogens is 260 g/mol. The standard InChI is InChI=1S/C18H28N2O/c1-4-12-19-17(21)18(2,3)20-13-10-16(11-14-20)15-8-6-5-7-9-15/h5-9,16H,4,10-14H2,1-3H3,(H,19,21). The monoisotopic (exact) mass is 288 g/mol. The first kappa shape index (κ1) is 16.0. The number of nitrogens with zero attached hydrogens (tertiary/aromatic N) is 1. The van der Waals surface area contributed by atoms with Gasteiger partial charge in [0, 0.05) is 6.54 Å². The van der Waals surface area contributed by atoms with Gasteiger partial charge in [-0.3, -0.25) is 9.69 Å². The van der Waals surface area contributed by atoms with E-state index in [-0.39, 0.29) is 5.91 Å². The molecule has 3 nitrogen and oxygen atoms in total. The van der Waals surface area contributed by atoms with Crippen LogP contribution in [0.5, 0.6) is 0 Å². The highest BCUT2D eigenvalue weighted by Gasteiger charge is 2.36. The third kappa shape index (κ3) is 3.85. The molecule has 1 N–H and O–H groups in total. The normalized spacial score (nSPS) is 17.7. The zero-order valence-electron chi connectivity index (χ0n) is 13.6. The van der Waals surface area contributed by atoms with E-state index in [0.29, 0.717) is 5.92 Å². The van der Waals surface area contributed by atoms with E-state index in [2.05, 4.69) is 47.5 Å². The van der Waals surface area contributed by atoms with Crippen LogP contribution >= 0.6 is 0 Å². The van der Waals surface area contributed by atoms with E-state index in [1.165, 1.54) is 5.56 Å². The first-order chi connectivity index (χ1) is 10.1. The fraction of sp³-hybridized carbons (Fsp3) is 0.611. The lowest BCUT2D eigenvalue weighted by Gasteiger charge is -2.42. The van der Waals surface area contributed by atoms with Crippen LogP contribution in [0.15, 0.2) is 30.3 Å². The second-order valence-electron chi connectivity index (χ2n) is 6.49. The van der Waals surface area contributed by atoms with Gasteiger partial charge in [0.05, 0.1) is 5.54 Å². The van der Waals surface area contributed by atoms with Crippen molar-refractivity contribution >= 4 is 5.91 Å². The zero-order chi connectivity index (χ0) is 15.3. The molecule has 0 spiro atoms. The first-order valence-corrected chi connectivity index (χ1v) is 8.14. The quantitative estimate of drug-likeness (QED) is 0.902. The third-order valence-electron chi connectivity index (χ3n) is 4.65. The maximum Gasteiger partial charge on any atom is 0.239 e. The number of carbonyl (C=O) groups is 1. The Bertz CT molecular complexity index is 448. The SMILES string of the molecule is CCCNC(=O)C(C)(C)N1CCC(c2ccccc2)CC1. The molecule has 116 valence electrons. The summed E-state index contributed by atoms with van der Waals surface area (Å²) < 4.78 is 0. The number of hydrogen-bond acceptors (Lipinski definition) is 2. The van der Waals surface area contributed by atoms with Crippen molar-refractivity contribution in [3.05, 3.63) is 35.9 Å². The molecule has 21 heavy (non-hydrogen) atoms. The van der Waals surface area contributed by atoms with Crippen molar-refractivity contribution in [1.29, 1.82) is 0 Å². The molecule has 0 saturated carbocycles. The van der Waals surface area contributed by atoms with Crippen LogP contribution in [-0.2, 0) is 4.79 Å². The minimum Gasteiger partial charge on any atom is -0.355 e. The van der Waals surface area contributed by atoms with Gasteiger partial charge >= 0.3 is 0 Å². The summed E-state index contributed by atoms with van der Waals surface area (Å²) in [7, 11) is 0. The number of amides is 1. The topological polar surface area (TPSA) is 32.3 Å². The van der Waals surface area contributed by atoms with Crippen molar-refractivity contribution in [3.63, 3.8) is 0 Å². The maximum absolute atomic E-state index is 12.3. The van der Waals surface area contributed by atoms with Gasteiger partial charge in [-0.05, 0) is 57.7 Å². The van der Waals surface area contributed by atoms with E-state index in [4.69, 9.17) is 0 Å². The number of hydrogen-bond donors (Lipinski definition) is 1. The lowest BCUT2D eigenvalue weighted by molar-refractivity contribution is -0.132. The summed E-state index contributed by atoms with van der Waals surface area (Å²) in [6.45, 7) is 8.92. The summed E-state index contributed by atoms with van der Waals surface area (Å²) >= 11 is 0. The highest BCUT2D eigenvalue weighted by atomic mass is 16.2. The van der Waals surface area contributed by atoms with Crippen molar-refractivity contribution in [1.82, 2.24) is 10.2 Å². The van der Waals surface area contributed by atoms with Crippen LogP contribution in [0, 0.1) is 0 Å². The Morgan fingerprint density at radius 3 is 2.43 bits per heavy atom. The van der Waals surface area contributed by atoms with Gasteiger partial charge in [0.25, 0.3) is 0 Å². The predicted octanol–water partition coefficient (Wildman–Crippen LogP) is 3.17. The Balaban J connectivity index is 1.92. The summed E-state index contributed by atoms with van der Waals surface area (Å²) in [4.78, 5) is 14.7.